The van der Waals surface area contributed by atoms with Crippen LogP contribution in [0.3, 0.4) is 0 Å². The SMILES string of the molecule is CC(C)Cc1cncc(N2CCCC2)n1.CNC. The number of hydrogen-bond donors (Lipinski definition) is 1. The van der Waals surface area contributed by atoms with Crippen LogP contribution in [-0.2, 0) is 6.42 Å². The monoisotopic (exact) mass is 250 g/mol. The Morgan fingerprint density at radius 3 is 2.39 bits per heavy atom. The lowest BCUT2D eigenvalue weighted by molar-refractivity contribution is 0.632. The van der Waals surface area contributed by atoms with Gasteiger partial charge in [-0.15, -0.1) is 0 Å². The van der Waals surface area contributed by atoms with E-state index in [0.717, 1.165) is 31.0 Å². The van der Waals surface area contributed by atoms with E-state index in [1.54, 1.807) is 0 Å². The average Bonchev–Trinajstić information content (AvgIpc) is 2.83. The molecule has 1 aromatic rings. The Bertz CT molecular complexity index is 332. The van der Waals surface area contributed by atoms with Crippen molar-refractivity contribution in [2.24, 2.45) is 5.92 Å². The minimum absolute atomic E-state index is 0.646. The van der Waals surface area contributed by atoms with Gasteiger partial charge >= 0.3 is 0 Å². The molecule has 0 bridgehead atoms. The van der Waals surface area contributed by atoms with E-state index in [1.807, 2.05) is 26.5 Å². The topological polar surface area (TPSA) is 41.1 Å². The van der Waals surface area contributed by atoms with Gasteiger partial charge in [0.05, 0.1) is 11.9 Å². The molecule has 0 saturated carbocycles. The lowest BCUT2D eigenvalue weighted by atomic mass is 10.1. The first kappa shape index (κ1) is 14.9. The Labute approximate surface area is 111 Å². The Morgan fingerprint density at radius 2 is 1.83 bits per heavy atom. The molecular weight excluding hydrogens is 224 g/mol. The van der Waals surface area contributed by atoms with E-state index in [2.05, 4.69) is 34.0 Å². The molecule has 0 radical (unpaired) electrons. The van der Waals surface area contributed by atoms with Crippen LogP contribution < -0.4 is 10.2 Å². The largest absolute Gasteiger partial charge is 0.355 e. The lowest BCUT2D eigenvalue weighted by Gasteiger charge is -2.16. The summed E-state index contributed by atoms with van der Waals surface area (Å²) in [7, 11) is 3.75. The van der Waals surface area contributed by atoms with Crippen LogP contribution >= 0.6 is 0 Å². The number of anilines is 1. The van der Waals surface area contributed by atoms with E-state index in [1.165, 1.54) is 12.8 Å². The maximum absolute atomic E-state index is 4.66. The summed E-state index contributed by atoms with van der Waals surface area (Å²) in [4.78, 5) is 11.3. The first-order valence-electron chi connectivity index (χ1n) is 6.81. The number of nitrogens with zero attached hydrogens (tertiary/aromatic N) is 3. The van der Waals surface area contributed by atoms with Crippen molar-refractivity contribution in [3.63, 3.8) is 0 Å². The normalized spacial score (nSPS) is 14.6. The zero-order valence-corrected chi connectivity index (χ0v) is 12.1. The van der Waals surface area contributed by atoms with Gasteiger partial charge in [0, 0.05) is 19.3 Å². The van der Waals surface area contributed by atoms with Crippen molar-refractivity contribution in [3.8, 4) is 0 Å². The summed E-state index contributed by atoms with van der Waals surface area (Å²) in [6.07, 6.45) is 7.37. The molecule has 2 heterocycles. The minimum atomic E-state index is 0.646. The second kappa shape index (κ2) is 8.03. The maximum Gasteiger partial charge on any atom is 0.147 e. The molecule has 0 aromatic carbocycles. The lowest BCUT2D eigenvalue weighted by Crippen LogP contribution is -2.19. The summed E-state index contributed by atoms with van der Waals surface area (Å²) < 4.78 is 0. The Kier molecular flexibility index (Phi) is 6.65. The molecule has 1 saturated heterocycles. The molecule has 0 amide bonds. The number of aromatic nitrogens is 2. The highest BCUT2D eigenvalue weighted by Crippen LogP contribution is 2.17. The first-order valence-corrected chi connectivity index (χ1v) is 6.81. The molecular formula is C14H26N4. The van der Waals surface area contributed by atoms with Crippen molar-refractivity contribution in [1.82, 2.24) is 15.3 Å². The van der Waals surface area contributed by atoms with Crippen LogP contribution in [0.2, 0.25) is 0 Å². The predicted octanol–water partition coefficient (Wildman–Crippen LogP) is 2.11. The van der Waals surface area contributed by atoms with Gasteiger partial charge in [-0.25, -0.2) is 4.98 Å². The third kappa shape index (κ3) is 5.00. The standard InChI is InChI=1S/C12H19N3.C2H7N/c1-10(2)7-11-8-13-9-12(14-11)15-5-3-4-6-15;1-3-2/h8-10H,3-7H2,1-2H3;3H,1-2H3. The fourth-order valence-corrected chi connectivity index (χ4v) is 2.01. The third-order valence-corrected chi connectivity index (χ3v) is 2.72. The van der Waals surface area contributed by atoms with Crippen LogP contribution in [-0.4, -0.2) is 37.2 Å². The van der Waals surface area contributed by atoms with Crippen molar-refractivity contribution in [3.05, 3.63) is 18.1 Å². The molecule has 18 heavy (non-hydrogen) atoms. The minimum Gasteiger partial charge on any atom is -0.355 e. The fourth-order valence-electron chi connectivity index (χ4n) is 2.01. The van der Waals surface area contributed by atoms with E-state index in [0.29, 0.717) is 5.92 Å². The highest BCUT2D eigenvalue weighted by atomic mass is 15.2. The smallest absolute Gasteiger partial charge is 0.147 e. The Hall–Kier alpha value is -1.16. The van der Waals surface area contributed by atoms with Crippen LogP contribution in [0.5, 0.6) is 0 Å². The molecule has 0 atom stereocenters. The summed E-state index contributed by atoms with van der Waals surface area (Å²) >= 11 is 0. The Balaban J connectivity index is 0.000000492. The van der Waals surface area contributed by atoms with Gasteiger partial charge in [-0.3, -0.25) is 4.98 Å². The number of nitrogens with one attached hydrogen (secondary N) is 1. The van der Waals surface area contributed by atoms with Gasteiger partial charge in [0.1, 0.15) is 5.82 Å². The predicted molar refractivity (Wildman–Crippen MR) is 77.0 cm³/mol. The zero-order valence-electron chi connectivity index (χ0n) is 12.1. The quantitative estimate of drug-likeness (QED) is 0.892. The summed E-state index contributed by atoms with van der Waals surface area (Å²) in [5.41, 5.74) is 1.12. The molecule has 1 aromatic heterocycles. The fraction of sp³-hybridized carbons (Fsp3) is 0.714. The molecule has 0 unspecified atom stereocenters. The average molecular weight is 250 g/mol. The first-order chi connectivity index (χ1) is 8.67. The van der Waals surface area contributed by atoms with Gasteiger partial charge < -0.3 is 10.2 Å². The van der Waals surface area contributed by atoms with Crippen molar-refractivity contribution >= 4 is 5.82 Å². The van der Waals surface area contributed by atoms with Crippen molar-refractivity contribution in [2.45, 2.75) is 33.1 Å². The highest BCUT2D eigenvalue weighted by Gasteiger charge is 2.14. The second-order valence-electron chi connectivity index (χ2n) is 5.16. The van der Waals surface area contributed by atoms with Crippen LogP contribution in [0.25, 0.3) is 0 Å². The molecule has 1 aliphatic rings. The van der Waals surface area contributed by atoms with Crippen LogP contribution in [0.1, 0.15) is 32.4 Å². The Morgan fingerprint density at radius 1 is 1.22 bits per heavy atom. The highest BCUT2D eigenvalue weighted by molar-refractivity contribution is 5.37. The van der Waals surface area contributed by atoms with Crippen molar-refractivity contribution in [2.75, 3.05) is 32.1 Å². The number of hydrogen-bond acceptors (Lipinski definition) is 4. The van der Waals surface area contributed by atoms with Gasteiger partial charge in [0.15, 0.2) is 0 Å². The third-order valence-electron chi connectivity index (χ3n) is 2.72. The zero-order chi connectivity index (χ0) is 13.4. The van der Waals surface area contributed by atoms with Crippen molar-refractivity contribution in [1.29, 1.82) is 0 Å². The van der Waals surface area contributed by atoms with Gasteiger partial charge in [-0.2, -0.15) is 0 Å². The van der Waals surface area contributed by atoms with Crippen molar-refractivity contribution < 1.29 is 0 Å². The molecule has 4 nitrogen and oxygen atoms in total. The van der Waals surface area contributed by atoms with E-state index >= 15 is 0 Å². The van der Waals surface area contributed by atoms with E-state index in [9.17, 15) is 0 Å². The molecule has 1 aliphatic heterocycles. The molecule has 2 rings (SSSR count). The molecule has 102 valence electrons. The van der Waals surface area contributed by atoms with Gasteiger partial charge in [0.2, 0.25) is 0 Å². The maximum atomic E-state index is 4.66. The van der Waals surface area contributed by atoms with Crippen LogP contribution in [0.4, 0.5) is 5.82 Å². The summed E-state index contributed by atoms with van der Waals surface area (Å²) in [6, 6.07) is 0. The van der Waals surface area contributed by atoms with E-state index in [4.69, 9.17) is 0 Å². The van der Waals surface area contributed by atoms with Crippen LogP contribution in [0, 0.1) is 5.92 Å². The van der Waals surface area contributed by atoms with E-state index in [-0.39, 0.29) is 0 Å². The van der Waals surface area contributed by atoms with Crippen LogP contribution in [0.15, 0.2) is 12.4 Å². The van der Waals surface area contributed by atoms with Gasteiger partial charge in [-0.1, -0.05) is 13.8 Å². The summed E-state index contributed by atoms with van der Waals surface area (Å²) in [6.45, 7) is 6.70. The molecule has 1 N–H and O–H groups in total. The molecule has 0 aliphatic carbocycles. The summed E-state index contributed by atoms with van der Waals surface area (Å²) in [5, 5.41) is 2.75. The van der Waals surface area contributed by atoms with E-state index < -0.39 is 0 Å². The van der Waals surface area contributed by atoms with Gasteiger partial charge in [-0.05, 0) is 39.3 Å². The second-order valence-corrected chi connectivity index (χ2v) is 5.16. The molecule has 1 fully saturated rings. The molecule has 0 spiro atoms. The number of rotatable bonds is 3. The molecule has 4 heteroatoms. The summed E-state index contributed by atoms with van der Waals surface area (Å²) in [5.74, 6) is 1.71. The van der Waals surface area contributed by atoms with Gasteiger partial charge in [0.25, 0.3) is 0 Å².